The Bertz CT molecular complexity index is 1010. The number of aliphatic hydroxyl groups excluding tert-OH is 1. The van der Waals surface area contributed by atoms with Crippen LogP contribution in [0.4, 0.5) is 0 Å². The van der Waals surface area contributed by atoms with Crippen LogP contribution in [0.5, 0.6) is 11.5 Å². The summed E-state index contributed by atoms with van der Waals surface area (Å²) in [5, 5.41) is 11.1. The van der Waals surface area contributed by atoms with Crippen LogP contribution in [0.1, 0.15) is 30.5 Å². The summed E-state index contributed by atoms with van der Waals surface area (Å²) in [6, 6.07) is 13.2. The minimum Gasteiger partial charge on any atom is -0.507 e. The van der Waals surface area contributed by atoms with Gasteiger partial charge in [0.15, 0.2) is 0 Å². The van der Waals surface area contributed by atoms with E-state index in [0.717, 1.165) is 0 Å². The number of ether oxygens (including phenoxy) is 3. The second-order valence-electron chi connectivity index (χ2n) is 7.46. The number of nitrogens with zero attached hydrogens (tertiary/aromatic N) is 1. The van der Waals surface area contributed by atoms with Gasteiger partial charge in [0.05, 0.1) is 18.2 Å². The van der Waals surface area contributed by atoms with Gasteiger partial charge in [0.1, 0.15) is 23.9 Å². The third-order valence-corrected chi connectivity index (χ3v) is 5.29. The van der Waals surface area contributed by atoms with Crippen LogP contribution in [0.15, 0.2) is 66.8 Å². The number of aliphatic hydroxyl groups is 1. The van der Waals surface area contributed by atoms with Crippen molar-refractivity contribution in [3.8, 4) is 11.5 Å². The Morgan fingerprint density at radius 3 is 2.30 bits per heavy atom. The second kappa shape index (κ2) is 11.3. The zero-order valence-electron chi connectivity index (χ0n) is 19.0. The topological polar surface area (TPSA) is 85.3 Å². The molecule has 1 fully saturated rings. The molecule has 2 aromatic rings. The molecule has 0 aromatic heterocycles. The fraction of sp³-hybridized carbons (Fsp3) is 0.308. The van der Waals surface area contributed by atoms with Crippen LogP contribution >= 0.6 is 0 Å². The molecule has 33 heavy (non-hydrogen) atoms. The zero-order chi connectivity index (χ0) is 23.8. The molecule has 1 aliphatic heterocycles. The molecule has 0 saturated carbocycles. The van der Waals surface area contributed by atoms with Crippen LogP contribution in [0, 0.1) is 0 Å². The van der Waals surface area contributed by atoms with Gasteiger partial charge in [0.25, 0.3) is 11.7 Å². The number of ketones is 1. The number of Topliss-reactive ketones (excluding diaryl/α,β-unsaturated/α-hetero) is 1. The standard InChI is InChI=1S/C26H29NO6/c1-4-16-33-21-13-9-19(10-14-21)24(28)22-23(18-7-11-20(12-8-18)32-5-2)27(15-6-17-31-3)26(30)25(22)29/h4,7-14,23,28H,1,5-6,15-17H2,2-3H3/t23-/m0/s1. The van der Waals surface area contributed by atoms with Crippen molar-refractivity contribution in [3.05, 3.63) is 77.9 Å². The Kier molecular flexibility index (Phi) is 8.27. The lowest BCUT2D eigenvalue weighted by Gasteiger charge is -2.25. The highest BCUT2D eigenvalue weighted by Crippen LogP contribution is 2.40. The smallest absolute Gasteiger partial charge is 0.295 e. The van der Waals surface area contributed by atoms with Gasteiger partial charge < -0.3 is 24.2 Å². The van der Waals surface area contributed by atoms with E-state index in [1.807, 2.05) is 19.1 Å². The average molecular weight is 452 g/mol. The Balaban J connectivity index is 2.02. The summed E-state index contributed by atoms with van der Waals surface area (Å²) in [4.78, 5) is 27.4. The van der Waals surface area contributed by atoms with Crippen LogP contribution in [-0.2, 0) is 14.3 Å². The van der Waals surface area contributed by atoms with E-state index in [1.54, 1.807) is 49.6 Å². The summed E-state index contributed by atoms with van der Waals surface area (Å²) in [5.41, 5.74) is 1.19. The first-order valence-electron chi connectivity index (χ1n) is 10.9. The molecule has 1 heterocycles. The van der Waals surface area contributed by atoms with Gasteiger partial charge >= 0.3 is 0 Å². The molecule has 2 aromatic carbocycles. The maximum Gasteiger partial charge on any atom is 0.295 e. The van der Waals surface area contributed by atoms with Crippen LogP contribution in [0.3, 0.4) is 0 Å². The van der Waals surface area contributed by atoms with Crippen molar-refractivity contribution in [2.75, 3.05) is 33.5 Å². The van der Waals surface area contributed by atoms with Crippen LogP contribution in [0.25, 0.3) is 5.76 Å². The van der Waals surface area contributed by atoms with E-state index in [0.29, 0.717) is 55.4 Å². The van der Waals surface area contributed by atoms with Crippen LogP contribution in [-0.4, -0.2) is 55.2 Å². The van der Waals surface area contributed by atoms with E-state index in [1.165, 1.54) is 4.90 Å². The molecule has 7 heteroatoms. The molecule has 1 saturated heterocycles. The van der Waals surface area contributed by atoms with E-state index in [-0.39, 0.29) is 11.3 Å². The molecule has 1 atom stereocenters. The molecule has 1 N–H and O–H groups in total. The molecular formula is C26H29NO6. The minimum absolute atomic E-state index is 0.0568. The molecule has 1 amide bonds. The van der Waals surface area contributed by atoms with Crippen molar-refractivity contribution in [1.29, 1.82) is 0 Å². The summed E-state index contributed by atoms with van der Waals surface area (Å²) in [6.07, 6.45) is 2.20. The molecule has 1 aliphatic rings. The molecule has 174 valence electrons. The first-order chi connectivity index (χ1) is 16.0. The summed E-state index contributed by atoms with van der Waals surface area (Å²) >= 11 is 0. The van der Waals surface area contributed by atoms with Crippen LogP contribution < -0.4 is 9.47 Å². The Hall–Kier alpha value is -3.58. The number of likely N-dealkylation sites (tertiary alicyclic amines) is 1. The molecule has 0 spiro atoms. The highest BCUT2D eigenvalue weighted by molar-refractivity contribution is 6.46. The maximum atomic E-state index is 13.0. The predicted octanol–water partition coefficient (Wildman–Crippen LogP) is 4.11. The van der Waals surface area contributed by atoms with Gasteiger partial charge in [0.2, 0.25) is 0 Å². The van der Waals surface area contributed by atoms with Crippen LogP contribution in [0.2, 0.25) is 0 Å². The second-order valence-corrected chi connectivity index (χ2v) is 7.46. The monoisotopic (exact) mass is 451 g/mol. The average Bonchev–Trinajstić information content (AvgIpc) is 3.08. The number of hydrogen-bond acceptors (Lipinski definition) is 6. The molecule has 0 bridgehead atoms. The molecule has 3 rings (SSSR count). The highest BCUT2D eigenvalue weighted by Gasteiger charge is 2.45. The number of carbonyl (C=O) groups is 2. The number of benzene rings is 2. The first kappa shape index (κ1) is 24.1. The largest absolute Gasteiger partial charge is 0.507 e. The third-order valence-electron chi connectivity index (χ3n) is 5.29. The molecule has 0 aliphatic carbocycles. The number of carbonyl (C=O) groups excluding carboxylic acids is 2. The molecular weight excluding hydrogens is 422 g/mol. The summed E-state index contributed by atoms with van der Waals surface area (Å²) in [6.45, 7) is 7.17. The van der Waals surface area contributed by atoms with E-state index >= 15 is 0 Å². The Morgan fingerprint density at radius 2 is 1.70 bits per heavy atom. The van der Waals surface area contributed by atoms with E-state index < -0.39 is 17.7 Å². The minimum atomic E-state index is -0.714. The van der Waals surface area contributed by atoms with Gasteiger partial charge in [-0.05, 0) is 55.3 Å². The van der Waals surface area contributed by atoms with Crippen molar-refractivity contribution in [1.82, 2.24) is 4.90 Å². The van der Waals surface area contributed by atoms with Gasteiger partial charge in [-0.2, -0.15) is 0 Å². The Morgan fingerprint density at radius 1 is 1.06 bits per heavy atom. The van der Waals surface area contributed by atoms with Gasteiger partial charge in [-0.15, -0.1) is 0 Å². The van der Waals surface area contributed by atoms with E-state index in [9.17, 15) is 14.7 Å². The molecule has 0 unspecified atom stereocenters. The van der Waals surface area contributed by atoms with Crippen molar-refractivity contribution in [2.45, 2.75) is 19.4 Å². The summed E-state index contributed by atoms with van der Waals surface area (Å²) < 4.78 is 16.1. The SMILES string of the molecule is C=CCOc1ccc(C(O)=C2C(=O)C(=O)N(CCCOC)[C@H]2c2ccc(OCC)cc2)cc1. The molecule has 7 nitrogen and oxygen atoms in total. The van der Waals surface area contributed by atoms with Crippen molar-refractivity contribution in [2.24, 2.45) is 0 Å². The van der Waals surface area contributed by atoms with E-state index in [2.05, 4.69) is 6.58 Å². The number of hydrogen-bond donors (Lipinski definition) is 1. The summed E-state index contributed by atoms with van der Waals surface area (Å²) in [5.74, 6) is -0.285. The molecule has 0 radical (unpaired) electrons. The fourth-order valence-electron chi connectivity index (χ4n) is 3.77. The van der Waals surface area contributed by atoms with Crippen molar-refractivity contribution >= 4 is 17.4 Å². The van der Waals surface area contributed by atoms with Gasteiger partial charge in [0, 0.05) is 25.8 Å². The highest BCUT2D eigenvalue weighted by atomic mass is 16.5. The van der Waals surface area contributed by atoms with E-state index in [4.69, 9.17) is 14.2 Å². The fourth-order valence-corrected chi connectivity index (χ4v) is 3.77. The number of amides is 1. The first-order valence-corrected chi connectivity index (χ1v) is 10.9. The lowest BCUT2D eigenvalue weighted by Crippen LogP contribution is -2.31. The third kappa shape index (κ3) is 5.43. The van der Waals surface area contributed by atoms with Gasteiger partial charge in [-0.3, -0.25) is 9.59 Å². The number of methoxy groups -OCH3 is 1. The predicted molar refractivity (Wildman–Crippen MR) is 125 cm³/mol. The maximum absolute atomic E-state index is 13.0. The quantitative estimate of drug-likeness (QED) is 0.182. The zero-order valence-corrected chi connectivity index (χ0v) is 19.0. The van der Waals surface area contributed by atoms with Gasteiger partial charge in [-0.1, -0.05) is 24.8 Å². The van der Waals surface area contributed by atoms with Gasteiger partial charge in [-0.25, -0.2) is 0 Å². The normalized spacial score (nSPS) is 17.3. The summed E-state index contributed by atoms with van der Waals surface area (Å²) in [7, 11) is 1.58. The van der Waals surface area contributed by atoms with Crippen molar-refractivity contribution < 1.29 is 28.9 Å². The Labute approximate surface area is 193 Å². The van der Waals surface area contributed by atoms with Crippen molar-refractivity contribution in [3.63, 3.8) is 0 Å². The lowest BCUT2D eigenvalue weighted by atomic mass is 9.95. The number of rotatable bonds is 11. The lowest BCUT2D eigenvalue weighted by molar-refractivity contribution is -0.140.